The molecule has 0 heterocycles. The molecule has 0 saturated carbocycles. The maximum Gasteiger partial charge on any atom is 0.0400 e. The van der Waals surface area contributed by atoms with E-state index < -0.39 is 0 Å². The van der Waals surface area contributed by atoms with Crippen molar-refractivity contribution in [3.05, 3.63) is 60.2 Å². The van der Waals surface area contributed by atoms with Crippen LogP contribution in [0.25, 0.3) is 0 Å². The third-order valence-electron chi connectivity index (χ3n) is 3.34. The maximum atomic E-state index is 3.44. The van der Waals surface area contributed by atoms with Gasteiger partial charge in [0.25, 0.3) is 0 Å². The molecule has 0 aliphatic rings. The van der Waals surface area contributed by atoms with Crippen LogP contribution in [0.15, 0.2) is 54.6 Å². The summed E-state index contributed by atoms with van der Waals surface area (Å²) in [5.74, 6) is 0. The van der Waals surface area contributed by atoms with Crippen LogP contribution in [0.2, 0.25) is 0 Å². The Hall–Kier alpha value is -1.96. The standard InChI is InChI=1S/C17H22N2/c1-3-19(4-2)17-12-10-16(11-13-17)18-14-15-8-6-5-7-9-15/h5-13,18H,3-4,14H2,1-2H3. The van der Waals surface area contributed by atoms with Gasteiger partial charge in [-0.15, -0.1) is 0 Å². The van der Waals surface area contributed by atoms with Gasteiger partial charge in [-0.3, -0.25) is 0 Å². The lowest BCUT2D eigenvalue weighted by Gasteiger charge is -2.21. The first-order valence-electron chi connectivity index (χ1n) is 6.96. The smallest absolute Gasteiger partial charge is 0.0400 e. The van der Waals surface area contributed by atoms with Gasteiger partial charge in [-0.05, 0) is 43.7 Å². The number of rotatable bonds is 6. The van der Waals surface area contributed by atoms with Crippen molar-refractivity contribution in [1.82, 2.24) is 0 Å². The second kappa shape index (κ2) is 6.83. The Bertz CT molecular complexity index is 472. The molecule has 2 heteroatoms. The molecule has 100 valence electrons. The highest BCUT2D eigenvalue weighted by molar-refractivity contribution is 5.55. The van der Waals surface area contributed by atoms with Crippen molar-refractivity contribution in [2.45, 2.75) is 20.4 Å². The molecule has 2 rings (SSSR count). The third kappa shape index (κ3) is 3.75. The molecule has 2 aromatic carbocycles. The largest absolute Gasteiger partial charge is 0.381 e. The molecule has 2 aromatic rings. The average Bonchev–Trinajstić information content (AvgIpc) is 2.49. The van der Waals surface area contributed by atoms with E-state index in [1.807, 2.05) is 6.07 Å². The lowest BCUT2D eigenvalue weighted by atomic mass is 10.2. The van der Waals surface area contributed by atoms with Gasteiger partial charge in [0.2, 0.25) is 0 Å². The zero-order valence-electron chi connectivity index (χ0n) is 11.8. The fraction of sp³-hybridized carbons (Fsp3) is 0.294. The van der Waals surface area contributed by atoms with Gasteiger partial charge >= 0.3 is 0 Å². The van der Waals surface area contributed by atoms with E-state index in [-0.39, 0.29) is 0 Å². The molecule has 0 radical (unpaired) electrons. The van der Waals surface area contributed by atoms with E-state index >= 15 is 0 Å². The molecule has 0 amide bonds. The molecule has 0 fully saturated rings. The highest BCUT2D eigenvalue weighted by Gasteiger charge is 2.01. The van der Waals surface area contributed by atoms with Crippen molar-refractivity contribution in [2.24, 2.45) is 0 Å². The van der Waals surface area contributed by atoms with E-state index in [9.17, 15) is 0 Å². The van der Waals surface area contributed by atoms with Crippen molar-refractivity contribution in [3.63, 3.8) is 0 Å². The molecule has 0 saturated heterocycles. The number of hydrogen-bond acceptors (Lipinski definition) is 2. The molecule has 0 bridgehead atoms. The summed E-state index contributed by atoms with van der Waals surface area (Å²) in [5.41, 5.74) is 3.75. The summed E-state index contributed by atoms with van der Waals surface area (Å²) < 4.78 is 0. The van der Waals surface area contributed by atoms with Crippen molar-refractivity contribution < 1.29 is 0 Å². The normalized spacial score (nSPS) is 10.2. The van der Waals surface area contributed by atoms with Crippen LogP contribution in [0, 0.1) is 0 Å². The summed E-state index contributed by atoms with van der Waals surface area (Å²) in [7, 11) is 0. The molecule has 19 heavy (non-hydrogen) atoms. The summed E-state index contributed by atoms with van der Waals surface area (Å²) in [6.07, 6.45) is 0. The van der Waals surface area contributed by atoms with Gasteiger partial charge in [0.15, 0.2) is 0 Å². The first-order chi connectivity index (χ1) is 9.33. The molecule has 1 N–H and O–H groups in total. The van der Waals surface area contributed by atoms with Crippen LogP contribution in [0.4, 0.5) is 11.4 Å². The highest BCUT2D eigenvalue weighted by Crippen LogP contribution is 2.18. The van der Waals surface area contributed by atoms with Gasteiger partial charge in [-0.2, -0.15) is 0 Å². The van der Waals surface area contributed by atoms with E-state index in [0.29, 0.717) is 0 Å². The predicted molar refractivity (Wildman–Crippen MR) is 83.8 cm³/mol. The maximum absolute atomic E-state index is 3.44. The summed E-state index contributed by atoms with van der Waals surface area (Å²) in [6, 6.07) is 19.1. The first kappa shape index (κ1) is 13.5. The molecule has 2 nitrogen and oxygen atoms in total. The zero-order chi connectivity index (χ0) is 13.5. The first-order valence-corrected chi connectivity index (χ1v) is 6.96. The highest BCUT2D eigenvalue weighted by atomic mass is 15.1. The number of nitrogens with zero attached hydrogens (tertiary/aromatic N) is 1. The monoisotopic (exact) mass is 254 g/mol. The quantitative estimate of drug-likeness (QED) is 0.833. The Morgan fingerprint density at radius 1 is 0.842 bits per heavy atom. The average molecular weight is 254 g/mol. The van der Waals surface area contributed by atoms with Crippen LogP contribution in [-0.2, 0) is 6.54 Å². The molecule has 0 aliphatic carbocycles. The summed E-state index contributed by atoms with van der Waals surface area (Å²) in [5, 5.41) is 3.44. The summed E-state index contributed by atoms with van der Waals surface area (Å²) in [4.78, 5) is 2.35. The SMILES string of the molecule is CCN(CC)c1ccc(NCc2ccccc2)cc1. The van der Waals surface area contributed by atoms with E-state index in [1.54, 1.807) is 0 Å². The zero-order valence-corrected chi connectivity index (χ0v) is 11.8. The van der Waals surface area contributed by atoms with Crippen molar-refractivity contribution in [2.75, 3.05) is 23.3 Å². The number of hydrogen-bond donors (Lipinski definition) is 1. The van der Waals surface area contributed by atoms with Gasteiger partial charge in [0, 0.05) is 31.0 Å². The molecule has 0 spiro atoms. The molecular weight excluding hydrogens is 232 g/mol. The topological polar surface area (TPSA) is 15.3 Å². The second-order valence-electron chi connectivity index (χ2n) is 4.56. The minimum absolute atomic E-state index is 0.867. The minimum atomic E-state index is 0.867. The second-order valence-corrected chi connectivity index (χ2v) is 4.56. The number of nitrogens with one attached hydrogen (secondary N) is 1. The lowest BCUT2D eigenvalue weighted by molar-refractivity contribution is 0.866. The van der Waals surface area contributed by atoms with Crippen molar-refractivity contribution in [3.8, 4) is 0 Å². The Labute approximate surface area is 116 Å². The van der Waals surface area contributed by atoms with Crippen LogP contribution in [0.3, 0.4) is 0 Å². The van der Waals surface area contributed by atoms with Gasteiger partial charge in [-0.1, -0.05) is 30.3 Å². The van der Waals surface area contributed by atoms with Gasteiger partial charge < -0.3 is 10.2 Å². The Balaban J connectivity index is 1.95. The predicted octanol–water partition coefficient (Wildman–Crippen LogP) is 4.14. The van der Waals surface area contributed by atoms with E-state index in [1.165, 1.54) is 16.9 Å². The fourth-order valence-electron chi connectivity index (χ4n) is 2.18. The van der Waals surface area contributed by atoms with Gasteiger partial charge in [0.1, 0.15) is 0 Å². The Morgan fingerprint density at radius 3 is 2.05 bits per heavy atom. The molecule has 0 aromatic heterocycles. The molecule has 0 aliphatic heterocycles. The van der Waals surface area contributed by atoms with Crippen molar-refractivity contribution in [1.29, 1.82) is 0 Å². The third-order valence-corrected chi connectivity index (χ3v) is 3.34. The van der Waals surface area contributed by atoms with Crippen LogP contribution in [0.1, 0.15) is 19.4 Å². The van der Waals surface area contributed by atoms with Crippen LogP contribution >= 0.6 is 0 Å². The number of benzene rings is 2. The molecule has 0 unspecified atom stereocenters. The van der Waals surface area contributed by atoms with Gasteiger partial charge in [-0.25, -0.2) is 0 Å². The van der Waals surface area contributed by atoms with Crippen LogP contribution < -0.4 is 10.2 Å². The van der Waals surface area contributed by atoms with Crippen LogP contribution in [-0.4, -0.2) is 13.1 Å². The van der Waals surface area contributed by atoms with Crippen LogP contribution in [0.5, 0.6) is 0 Å². The minimum Gasteiger partial charge on any atom is -0.381 e. The van der Waals surface area contributed by atoms with Crippen molar-refractivity contribution >= 4 is 11.4 Å². The summed E-state index contributed by atoms with van der Waals surface area (Å²) in [6.45, 7) is 7.34. The molecular formula is C17H22N2. The molecule has 0 atom stereocenters. The Kier molecular flexibility index (Phi) is 4.85. The van der Waals surface area contributed by atoms with E-state index in [2.05, 4.69) is 72.6 Å². The van der Waals surface area contributed by atoms with E-state index in [0.717, 1.165) is 19.6 Å². The van der Waals surface area contributed by atoms with Gasteiger partial charge in [0.05, 0.1) is 0 Å². The van der Waals surface area contributed by atoms with E-state index in [4.69, 9.17) is 0 Å². The Morgan fingerprint density at radius 2 is 1.47 bits per heavy atom. The number of anilines is 2. The fourth-order valence-corrected chi connectivity index (χ4v) is 2.18. The lowest BCUT2D eigenvalue weighted by Crippen LogP contribution is -2.21. The summed E-state index contributed by atoms with van der Waals surface area (Å²) >= 11 is 0.